The number of nitro groups is 2. The fourth-order valence-electron chi connectivity index (χ4n) is 1.73. The van der Waals surface area contributed by atoms with Crippen molar-refractivity contribution in [1.29, 1.82) is 0 Å². The Hall–Kier alpha value is -0.900. The molecule has 0 bridgehead atoms. The van der Waals surface area contributed by atoms with Crippen LogP contribution in [0.1, 0.15) is 52.4 Å². The molecule has 126 valence electrons. The number of carbonyl (C=O) groups is 2. The van der Waals surface area contributed by atoms with Crippen LogP contribution in [0.3, 0.4) is 0 Å². The molecule has 8 nitrogen and oxygen atoms in total. The van der Waals surface area contributed by atoms with Gasteiger partial charge in [-0.05, 0) is 13.8 Å². The third-order valence-corrected chi connectivity index (χ3v) is 5.43. The van der Waals surface area contributed by atoms with Crippen molar-refractivity contribution in [2.24, 2.45) is 0 Å². The number of rotatable bonds is 11. The highest BCUT2D eigenvalue weighted by Crippen LogP contribution is 2.38. The van der Waals surface area contributed by atoms with Crippen molar-refractivity contribution in [3.8, 4) is 0 Å². The van der Waals surface area contributed by atoms with E-state index in [2.05, 4.69) is 31.9 Å². The van der Waals surface area contributed by atoms with E-state index in [0.717, 1.165) is 0 Å². The number of hydrogen-bond donors (Lipinski definition) is 0. The van der Waals surface area contributed by atoms with E-state index in [9.17, 15) is 29.8 Å². The first-order chi connectivity index (χ1) is 9.93. The molecule has 0 radical (unpaired) electrons. The Balaban J connectivity index is 4.97. The van der Waals surface area contributed by atoms with Crippen molar-refractivity contribution in [1.82, 2.24) is 0 Å². The van der Waals surface area contributed by atoms with Crippen LogP contribution in [-0.2, 0) is 9.59 Å². The van der Waals surface area contributed by atoms with Crippen LogP contribution in [0.25, 0.3) is 0 Å². The van der Waals surface area contributed by atoms with Gasteiger partial charge in [-0.1, -0.05) is 0 Å². The van der Waals surface area contributed by atoms with E-state index in [4.69, 9.17) is 0 Å². The first kappa shape index (κ1) is 21.1. The van der Waals surface area contributed by atoms with Crippen LogP contribution in [0.5, 0.6) is 0 Å². The highest BCUT2D eigenvalue weighted by atomic mass is 79.9. The number of Topliss-reactive ketones (excluding diaryl/α,β-unsaturated/α-hetero) is 2. The lowest BCUT2D eigenvalue weighted by Gasteiger charge is -2.23. The molecular formula is C12H18Br2N2O6. The van der Waals surface area contributed by atoms with Crippen molar-refractivity contribution in [2.75, 3.05) is 0 Å². The molecule has 2 unspecified atom stereocenters. The molecule has 0 rings (SSSR count). The molecule has 0 aliphatic carbocycles. The summed E-state index contributed by atoms with van der Waals surface area (Å²) in [7, 11) is 0. The van der Waals surface area contributed by atoms with Crippen molar-refractivity contribution in [3.63, 3.8) is 0 Å². The molecule has 0 spiro atoms. The number of ketones is 2. The van der Waals surface area contributed by atoms with Gasteiger partial charge in [0.05, 0.1) is 0 Å². The number of nitrogens with zero attached hydrogens (tertiary/aromatic N) is 2. The summed E-state index contributed by atoms with van der Waals surface area (Å²) in [4.78, 5) is 43.2. The minimum Gasteiger partial charge on any atom is -0.300 e. The lowest BCUT2D eigenvalue weighted by atomic mass is 9.98. The molecule has 2 atom stereocenters. The standard InChI is InChI=1S/C12H18Br2N2O6/c1-9(17)3-5-11(13,15(19)20)7-8-12(14,16(21)22)6-4-10(2)18/h3-8H2,1-2H3. The van der Waals surface area contributed by atoms with E-state index in [0.29, 0.717) is 0 Å². The van der Waals surface area contributed by atoms with Gasteiger partial charge >= 0.3 is 0 Å². The Kier molecular flexibility index (Phi) is 8.30. The molecule has 0 fully saturated rings. The summed E-state index contributed by atoms with van der Waals surface area (Å²) in [5.74, 6) is -0.386. The SMILES string of the molecule is CC(=O)CCC(Br)(CCC(Br)(CCC(C)=O)[N+](=O)[O-])[N+](=O)[O-]. The van der Waals surface area contributed by atoms with Gasteiger partial charge in [0, 0.05) is 80.2 Å². The molecule has 0 saturated carbocycles. The third-order valence-electron chi connectivity index (χ3n) is 3.27. The Morgan fingerprint density at radius 2 is 1.09 bits per heavy atom. The first-order valence-corrected chi connectivity index (χ1v) is 8.17. The summed E-state index contributed by atoms with van der Waals surface area (Å²) >= 11 is 6.00. The largest absolute Gasteiger partial charge is 0.300 e. The van der Waals surface area contributed by atoms with Gasteiger partial charge in [0.2, 0.25) is 0 Å². The molecule has 0 heterocycles. The Morgan fingerprint density at radius 1 is 0.818 bits per heavy atom. The third kappa shape index (κ3) is 6.91. The van der Waals surface area contributed by atoms with Crippen LogP contribution in [0.15, 0.2) is 0 Å². The molecule has 0 N–H and O–H groups in total. The maximum Gasteiger partial charge on any atom is 0.275 e. The van der Waals surface area contributed by atoms with E-state index < -0.39 is 18.7 Å². The minimum absolute atomic E-state index is 0.00737. The smallest absolute Gasteiger partial charge is 0.275 e. The zero-order chi connectivity index (χ0) is 17.6. The molecule has 0 aromatic heterocycles. The van der Waals surface area contributed by atoms with Crippen LogP contribution in [0, 0.1) is 20.2 Å². The second-order valence-corrected chi connectivity index (χ2v) is 8.21. The number of carbonyl (C=O) groups excluding carboxylic acids is 2. The summed E-state index contributed by atoms with van der Waals surface area (Å²) in [5.41, 5.74) is 0. The van der Waals surface area contributed by atoms with E-state index in [1.807, 2.05) is 0 Å². The molecule has 0 aromatic carbocycles. The fourth-order valence-corrected chi connectivity index (χ4v) is 2.53. The van der Waals surface area contributed by atoms with Gasteiger partial charge in [-0.15, -0.1) is 0 Å². The summed E-state index contributed by atoms with van der Waals surface area (Å²) in [6.45, 7) is 2.65. The van der Waals surface area contributed by atoms with Crippen molar-refractivity contribution in [3.05, 3.63) is 20.2 Å². The average molecular weight is 446 g/mol. The molecule has 0 amide bonds. The van der Waals surface area contributed by atoms with Gasteiger partial charge in [-0.25, -0.2) is 0 Å². The van der Waals surface area contributed by atoms with Gasteiger partial charge in [0.15, 0.2) is 0 Å². The van der Waals surface area contributed by atoms with Gasteiger partial charge in [-0.2, -0.15) is 0 Å². The monoisotopic (exact) mass is 444 g/mol. The second-order valence-electron chi connectivity index (χ2n) is 5.25. The van der Waals surface area contributed by atoms with Crippen molar-refractivity contribution in [2.45, 2.75) is 61.3 Å². The Bertz CT molecular complexity index is 431. The van der Waals surface area contributed by atoms with Gasteiger partial charge in [-0.3, -0.25) is 20.2 Å². The fraction of sp³-hybridized carbons (Fsp3) is 0.833. The van der Waals surface area contributed by atoms with Gasteiger partial charge < -0.3 is 9.59 Å². The van der Waals surface area contributed by atoms with Gasteiger partial charge in [0.25, 0.3) is 8.90 Å². The van der Waals surface area contributed by atoms with Crippen molar-refractivity contribution >= 4 is 43.4 Å². The van der Waals surface area contributed by atoms with Crippen LogP contribution >= 0.6 is 31.9 Å². The van der Waals surface area contributed by atoms with Crippen LogP contribution in [0.2, 0.25) is 0 Å². The second kappa shape index (κ2) is 8.66. The first-order valence-electron chi connectivity index (χ1n) is 6.59. The normalized spacial score (nSPS) is 16.4. The van der Waals surface area contributed by atoms with Crippen LogP contribution in [0.4, 0.5) is 0 Å². The zero-order valence-corrected chi connectivity index (χ0v) is 15.5. The highest BCUT2D eigenvalue weighted by Gasteiger charge is 2.47. The zero-order valence-electron chi connectivity index (χ0n) is 12.3. The van der Waals surface area contributed by atoms with Gasteiger partial charge in [0.1, 0.15) is 11.6 Å². The van der Waals surface area contributed by atoms with Crippen LogP contribution < -0.4 is 0 Å². The topological polar surface area (TPSA) is 120 Å². The van der Waals surface area contributed by atoms with E-state index in [1.165, 1.54) is 13.8 Å². The maximum absolute atomic E-state index is 11.2. The maximum atomic E-state index is 11.2. The minimum atomic E-state index is -1.59. The number of hydrogen-bond acceptors (Lipinski definition) is 6. The summed E-state index contributed by atoms with van der Waals surface area (Å²) in [6.07, 6.45) is -0.374. The summed E-state index contributed by atoms with van der Waals surface area (Å²) in [6, 6.07) is 0. The highest BCUT2D eigenvalue weighted by molar-refractivity contribution is 9.10. The van der Waals surface area contributed by atoms with Crippen molar-refractivity contribution < 1.29 is 19.4 Å². The van der Waals surface area contributed by atoms with E-state index >= 15 is 0 Å². The molecule has 0 saturated heterocycles. The Morgan fingerprint density at radius 3 is 1.27 bits per heavy atom. The molecular weight excluding hydrogens is 428 g/mol. The van der Waals surface area contributed by atoms with E-state index in [1.54, 1.807) is 0 Å². The summed E-state index contributed by atoms with van der Waals surface area (Å²) in [5, 5.41) is 22.4. The van der Waals surface area contributed by atoms with E-state index in [-0.39, 0.29) is 50.1 Å². The van der Waals surface area contributed by atoms with Crippen LogP contribution in [-0.4, -0.2) is 30.3 Å². The quantitative estimate of drug-likeness (QED) is 0.208. The molecule has 0 aliphatic heterocycles. The summed E-state index contributed by atoms with van der Waals surface area (Å²) < 4.78 is -3.19. The lowest BCUT2D eigenvalue weighted by molar-refractivity contribution is -0.552. The predicted octanol–water partition coefficient (Wildman–Crippen LogP) is 3.24. The molecule has 0 aliphatic rings. The number of halogens is 2. The number of alkyl halides is 2. The molecule has 10 heteroatoms. The average Bonchev–Trinajstić information content (AvgIpc) is 2.40. The lowest BCUT2D eigenvalue weighted by Crippen LogP contribution is -2.38. The molecule has 22 heavy (non-hydrogen) atoms. The Labute approximate surface area is 144 Å². The molecule has 0 aromatic rings. The predicted molar refractivity (Wildman–Crippen MR) is 86.4 cm³/mol.